The number of rotatable bonds is 10. The number of hydrogen-bond acceptors (Lipinski definition) is 5. The van der Waals surface area contributed by atoms with Gasteiger partial charge in [0.05, 0.1) is 11.7 Å². The molecule has 1 fully saturated rings. The number of nitrogens with zero attached hydrogens (tertiary/aromatic N) is 2. The molecule has 8 heteroatoms. The van der Waals surface area contributed by atoms with Crippen molar-refractivity contribution >= 4 is 17.7 Å². The molecule has 29 heavy (non-hydrogen) atoms. The zero-order valence-electron chi connectivity index (χ0n) is 17.6. The van der Waals surface area contributed by atoms with Gasteiger partial charge in [-0.05, 0) is 38.4 Å². The van der Waals surface area contributed by atoms with Crippen LogP contribution in [0, 0.1) is 18.8 Å². The van der Waals surface area contributed by atoms with Gasteiger partial charge in [-0.3, -0.25) is 9.59 Å². The molecule has 5 atom stereocenters. The predicted octanol–water partition coefficient (Wildman–Crippen LogP) is 1.63. The Kier molecular flexibility index (Phi) is 7.98. The number of carbonyl (C=O) groups is 3. The number of carboxylic acids is 1. The molecule has 2 rings (SSSR count). The highest BCUT2D eigenvalue weighted by atomic mass is 16.5. The lowest BCUT2D eigenvalue weighted by Gasteiger charge is -2.30. The molecule has 1 aliphatic rings. The number of ketones is 1. The van der Waals surface area contributed by atoms with Crippen LogP contribution in [0.15, 0.2) is 18.5 Å². The minimum absolute atomic E-state index is 0.00870. The summed E-state index contributed by atoms with van der Waals surface area (Å²) in [5.74, 6) is -1.49. The predicted molar refractivity (Wildman–Crippen MR) is 109 cm³/mol. The second-order valence-electron chi connectivity index (χ2n) is 8.12. The van der Waals surface area contributed by atoms with Gasteiger partial charge in [-0.2, -0.15) is 0 Å². The summed E-state index contributed by atoms with van der Waals surface area (Å²) in [6.07, 6.45) is 3.95. The number of aromatic carboxylic acids is 1. The molecule has 0 saturated carbocycles. The topological polar surface area (TPSA) is 101 Å². The van der Waals surface area contributed by atoms with Gasteiger partial charge in [-0.25, -0.2) is 4.79 Å². The number of nitrogens with one attached hydrogen (secondary N) is 1. The maximum Gasteiger partial charge on any atom is 0.337 e. The zero-order chi connectivity index (χ0) is 21.7. The van der Waals surface area contributed by atoms with Crippen molar-refractivity contribution in [1.29, 1.82) is 0 Å². The van der Waals surface area contributed by atoms with E-state index < -0.39 is 18.1 Å². The van der Waals surface area contributed by atoms with E-state index in [1.54, 1.807) is 10.8 Å². The number of carboxylic acid groups (broad SMARTS) is 1. The lowest BCUT2D eigenvalue weighted by Crippen LogP contribution is -2.49. The second-order valence-corrected chi connectivity index (χ2v) is 8.12. The van der Waals surface area contributed by atoms with Crippen molar-refractivity contribution in [3.05, 3.63) is 30.9 Å². The van der Waals surface area contributed by atoms with E-state index >= 15 is 0 Å². The van der Waals surface area contributed by atoms with Crippen LogP contribution in [0.4, 0.5) is 0 Å². The van der Waals surface area contributed by atoms with Crippen molar-refractivity contribution < 1.29 is 24.2 Å². The third kappa shape index (κ3) is 5.67. The molecule has 0 aliphatic carbocycles. The molecule has 1 aliphatic heterocycles. The van der Waals surface area contributed by atoms with Gasteiger partial charge in [0.2, 0.25) is 5.91 Å². The fourth-order valence-electron chi connectivity index (χ4n) is 3.56. The van der Waals surface area contributed by atoms with Gasteiger partial charge in [0, 0.05) is 18.9 Å². The molecule has 1 amide bonds. The molecule has 0 spiro atoms. The third-order valence-corrected chi connectivity index (χ3v) is 5.72. The molecule has 8 nitrogen and oxygen atoms in total. The minimum Gasteiger partial charge on any atom is -0.478 e. The molecule has 0 aromatic carbocycles. The molecule has 5 unspecified atom stereocenters. The first-order valence-electron chi connectivity index (χ1n) is 9.95. The fraction of sp³-hybridized carbons (Fsp3) is 0.619. The van der Waals surface area contributed by atoms with Crippen molar-refractivity contribution in [3.8, 4) is 0 Å². The summed E-state index contributed by atoms with van der Waals surface area (Å²) in [7, 11) is 3.88. The third-order valence-electron chi connectivity index (χ3n) is 5.72. The Bertz CT molecular complexity index is 730. The maximum atomic E-state index is 13.3. The number of ether oxygens (including phenoxy) is 1. The van der Waals surface area contributed by atoms with Crippen LogP contribution in [0.5, 0.6) is 0 Å². The monoisotopic (exact) mass is 406 g/mol. The summed E-state index contributed by atoms with van der Waals surface area (Å²) in [6.45, 7) is 8.60. The smallest absolute Gasteiger partial charge is 0.337 e. The summed E-state index contributed by atoms with van der Waals surface area (Å²) in [5, 5.41) is 12.1. The highest BCUT2D eigenvalue weighted by Crippen LogP contribution is 2.29. The standard InChI is InChI=1S/C21H32N3O5/c1-6-13(2)14(3)19(24-10-7-15(11-24)21(27)28)20(26)22-18-16(25)12-29-17(18)8-9-23(4)5/h7,10-11,13-14,17-19H,1,6,8-9,12H2,2-5H3,(H,22,26)(H,27,28). The Labute approximate surface area is 172 Å². The van der Waals surface area contributed by atoms with Crippen LogP contribution in [-0.4, -0.2) is 71.6 Å². The average Bonchev–Trinajstić information content (AvgIpc) is 3.27. The molecular formula is C21H32N3O5. The van der Waals surface area contributed by atoms with Crippen LogP contribution in [-0.2, 0) is 14.3 Å². The van der Waals surface area contributed by atoms with Crippen LogP contribution >= 0.6 is 0 Å². The van der Waals surface area contributed by atoms with Crippen molar-refractivity contribution in [1.82, 2.24) is 14.8 Å². The van der Waals surface area contributed by atoms with E-state index in [1.165, 1.54) is 12.3 Å². The van der Waals surface area contributed by atoms with E-state index in [0.29, 0.717) is 12.8 Å². The summed E-state index contributed by atoms with van der Waals surface area (Å²) >= 11 is 0. The van der Waals surface area contributed by atoms with E-state index in [2.05, 4.69) is 12.2 Å². The zero-order valence-corrected chi connectivity index (χ0v) is 17.6. The normalized spacial score (nSPS) is 22.5. The van der Waals surface area contributed by atoms with Crippen LogP contribution in [0.2, 0.25) is 0 Å². The summed E-state index contributed by atoms with van der Waals surface area (Å²) in [5.41, 5.74) is 0.112. The molecule has 161 valence electrons. The van der Waals surface area contributed by atoms with Crippen molar-refractivity contribution in [2.24, 2.45) is 11.8 Å². The molecule has 1 aromatic heterocycles. The van der Waals surface area contributed by atoms with Crippen LogP contribution in [0.1, 0.15) is 43.1 Å². The Balaban J connectivity index is 2.23. The van der Waals surface area contributed by atoms with Crippen molar-refractivity contribution in [2.75, 3.05) is 27.2 Å². The Hall–Kier alpha value is -2.19. The minimum atomic E-state index is -1.05. The largest absolute Gasteiger partial charge is 0.478 e. The summed E-state index contributed by atoms with van der Waals surface area (Å²) < 4.78 is 7.21. The van der Waals surface area contributed by atoms with Gasteiger partial charge in [-0.15, -0.1) is 0 Å². The first-order chi connectivity index (χ1) is 13.6. The highest BCUT2D eigenvalue weighted by molar-refractivity contribution is 5.93. The highest BCUT2D eigenvalue weighted by Gasteiger charge is 2.39. The van der Waals surface area contributed by atoms with Gasteiger partial charge >= 0.3 is 5.97 Å². The van der Waals surface area contributed by atoms with Gasteiger partial charge in [0.1, 0.15) is 18.7 Å². The van der Waals surface area contributed by atoms with Gasteiger partial charge in [0.25, 0.3) is 0 Å². The lowest BCUT2D eigenvalue weighted by atomic mass is 9.86. The van der Waals surface area contributed by atoms with E-state index in [1.807, 2.05) is 32.8 Å². The lowest BCUT2D eigenvalue weighted by molar-refractivity contribution is -0.130. The fourth-order valence-corrected chi connectivity index (χ4v) is 3.56. The molecule has 1 aromatic rings. The molecule has 0 bridgehead atoms. The maximum absolute atomic E-state index is 13.3. The molecule has 2 heterocycles. The Morgan fingerprint density at radius 2 is 2.10 bits per heavy atom. The van der Waals surface area contributed by atoms with Crippen molar-refractivity contribution in [3.63, 3.8) is 0 Å². The van der Waals surface area contributed by atoms with Gasteiger partial charge in [-0.1, -0.05) is 27.2 Å². The van der Waals surface area contributed by atoms with E-state index in [9.17, 15) is 19.5 Å². The summed E-state index contributed by atoms with van der Waals surface area (Å²) in [6, 6.07) is 0.123. The first kappa shape index (κ1) is 23.1. The van der Waals surface area contributed by atoms with Crippen molar-refractivity contribution in [2.45, 2.75) is 44.9 Å². The van der Waals surface area contributed by atoms with Crippen LogP contribution in [0.25, 0.3) is 0 Å². The van der Waals surface area contributed by atoms with E-state index in [-0.39, 0.29) is 41.8 Å². The number of Topliss-reactive ketones (excluding diaryl/α,β-unsaturated/α-hetero) is 1. The number of hydrogen-bond donors (Lipinski definition) is 2. The average molecular weight is 407 g/mol. The SMILES string of the molecule is [CH2]CC(C)C(C)C(C(=O)NC1C(=O)COC1CCN(C)C)n1ccc(C(=O)O)c1. The number of aromatic nitrogens is 1. The molecular weight excluding hydrogens is 374 g/mol. The van der Waals surface area contributed by atoms with Crippen LogP contribution < -0.4 is 5.32 Å². The molecule has 1 radical (unpaired) electrons. The number of amides is 1. The first-order valence-corrected chi connectivity index (χ1v) is 9.95. The van der Waals surface area contributed by atoms with Crippen LogP contribution in [0.3, 0.4) is 0 Å². The number of carbonyl (C=O) groups excluding carboxylic acids is 2. The quantitative estimate of drug-likeness (QED) is 0.612. The Morgan fingerprint density at radius 3 is 2.66 bits per heavy atom. The van der Waals surface area contributed by atoms with E-state index in [0.717, 1.165) is 6.54 Å². The Morgan fingerprint density at radius 1 is 1.41 bits per heavy atom. The van der Waals surface area contributed by atoms with E-state index in [4.69, 9.17) is 4.74 Å². The molecule has 1 saturated heterocycles. The molecule has 2 N–H and O–H groups in total. The second kappa shape index (κ2) is 10.0. The van der Waals surface area contributed by atoms with Gasteiger partial charge in [0.15, 0.2) is 5.78 Å². The summed E-state index contributed by atoms with van der Waals surface area (Å²) in [4.78, 5) is 38.8. The van der Waals surface area contributed by atoms with Gasteiger partial charge < -0.3 is 24.6 Å².